The molecule has 6 nitrogen and oxygen atoms in total. The van der Waals surface area contributed by atoms with Crippen molar-refractivity contribution >= 4 is 17.1 Å². The molecule has 19 heavy (non-hydrogen) atoms. The molecule has 0 spiro atoms. The van der Waals surface area contributed by atoms with E-state index in [1.807, 2.05) is 47.8 Å². The molecule has 0 aliphatic rings. The van der Waals surface area contributed by atoms with Crippen LogP contribution in [0.15, 0.2) is 24.7 Å². The van der Waals surface area contributed by atoms with Crippen LogP contribution in [0.5, 0.6) is 0 Å². The van der Waals surface area contributed by atoms with Gasteiger partial charge in [-0.15, -0.1) is 0 Å². The molecule has 0 fully saturated rings. The van der Waals surface area contributed by atoms with Crippen LogP contribution in [-0.4, -0.2) is 24.3 Å². The largest absolute Gasteiger partial charge is 0.369 e. The molecule has 0 saturated heterocycles. The molecule has 0 unspecified atom stereocenters. The number of aryl methyl sites for hydroxylation is 4. The minimum Gasteiger partial charge on any atom is -0.369 e. The SMILES string of the molecule is Cc1cnc2c(c1)nc(N)n2CCn1cc(C)cn1. The zero-order valence-corrected chi connectivity index (χ0v) is 11.0. The summed E-state index contributed by atoms with van der Waals surface area (Å²) in [6.45, 7) is 5.47. The van der Waals surface area contributed by atoms with Crippen molar-refractivity contribution < 1.29 is 0 Å². The van der Waals surface area contributed by atoms with E-state index in [1.165, 1.54) is 0 Å². The van der Waals surface area contributed by atoms with Crippen LogP contribution < -0.4 is 5.73 Å². The Hall–Kier alpha value is -2.37. The Bertz CT molecular complexity index is 724. The average molecular weight is 256 g/mol. The Morgan fingerprint density at radius 3 is 2.74 bits per heavy atom. The number of pyridine rings is 1. The molecule has 0 saturated carbocycles. The van der Waals surface area contributed by atoms with Gasteiger partial charge in [0.15, 0.2) is 5.65 Å². The first-order valence-corrected chi connectivity index (χ1v) is 6.21. The summed E-state index contributed by atoms with van der Waals surface area (Å²) >= 11 is 0. The van der Waals surface area contributed by atoms with E-state index in [0.717, 1.165) is 28.8 Å². The van der Waals surface area contributed by atoms with Crippen LogP contribution in [0.25, 0.3) is 11.2 Å². The van der Waals surface area contributed by atoms with Gasteiger partial charge in [-0.1, -0.05) is 0 Å². The highest BCUT2D eigenvalue weighted by Gasteiger charge is 2.09. The Labute approximate surface area is 110 Å². The number of anilines is 1. The molecule has 0 aliphatic carbocycles. The van der Waals surface area contributed by atoms with Gasteiger partial charge in [0.25, 0.3) is 0 Å². The average Bonchev–Trinajstić information content (AvgIpc) is 2.89. The number of rotatable bonds is 3. The van der Waals surface area contributed by atoms with Gasteiger partial charge in [0.1, 0.15) is 5.52 Å². The number of fused-ring (bicyclic) bond motifs is 1. The maximum absolute atomic E-state index is 5.95. The summed E-state index contributed by atoms with van der Waals surface area (Å²) in [6, 6.07) is 1.99. The first kappa shape index (κ1) is 11.7. The Kier molecular flexibility index (Phi) is 2.70. The van der Waals surface area contributed by atoms with E-state index in [9.17, 15) is 0 Å². The van der Waals surface area contributed by atoms with Gasteiger partial charge in [0, 0.05) is 18.9 Å². The standard InChI is InChI=1S/C13H16N6/c1-9-5-11-12(15-6-9)19(13(14)17-11)4-3-18-8-10(2)7-16-18/h5-8H,3-4H2,1-2H3,(H2,14,17). The lowest BCUT2D eigenvalue weighted by Gasteiger charge is -2.06. The molecule has 6 heteroatoms. The van der Waals surface area contributed by atoms with E-state index in [0.29, 0.717) is 12.5 Å². The molecule has 0 atom stereocenters. The number of hydrogen-bond donors (Lipinski definition) is 1. The first-order chi connectivity index (χ1) is 9.13. The third-order valence-electron chi connectivity index (χ3n) is 3.07. The van der Waals surface area contributed by atoms with E-state index >= 15 is 0 Å². The maximum atomic E-state index is 5.95. The summed E-state index contributed by atoms with van der Waals surface area (Å²) in [5.41, 5.74) is 9.86. The summed E-state index contributed by atoms with van der Waals surface area (Å²) in [6.07, 6.45) is 5.68. The zero-order chi connectivity index (χ0) is 13.4. The number of hydrogen-bond acceptors (Lipinski definition) is 4. The van der Waals surface area contributed by atoms with Crippen LogP contribution in [0.4, 0.5) is 5.95 Å². The summed E-state index contributed by atoms with van der Waals surface area (Å²) in [5, 5.41) is 4.26. The minimum atomic E-state index is 0.497. The topological polar surface area (TPSA) is 74.5 Å². The fourth-order valence-electron chi connectivity index (χ4n) is 2.14. The van der Waals surface area contributed by atoms with Crippen molar-refractivity contribution in [2.45, 2.75) is 26.9 Å². The van der Waals surface area contributed by atoms with Crippen LogP contribution >= 0.6 is 0 Å². The molecule has 98 valence electrons. The fraction of sp³-hybridized carbons (Fsp3) is 0.308. The summed E-state index contributed by atoms with van der Waals surface area (Å²) in [4.78, 5) is 8.75. The summed E-state index contributed by atoms with van der Waals surface area (Å²) < 4.78 is 3.82. The third kappa shape index (κ3) is 2.16. The Balaban J connectivity index is 1.90. The van der Waals surface area contributed by atoms with Crippen LogP contribution in [-0.2, 0) is 13.1 Å². The van der Waals surface area contributed by atoms with Gasteiger partial charge in [-0.3, -0.25) is 9.25 Å². The molecular formula is C13H16N6. The highest BCUT2D eigenvalue weighted by Crippen LogP contribution is 2.16. The first-order valence-electron chi connectivity index (χ1n) is 6.21. The predicted octanol–water partition coefficient (Wildman–Crippen LogP) is 1.53. The molecule has 0 radical (unpaired) electrons. The van der Waals surface area contributed by atoms with E-state index in [1.54, 1.807) is 0 Å². The normalized spacial score (nSPS) is 11.3. The molecular weight excluding hydrogens is 240 g/mol. The van der Waals surface area contributed by atoms with E-state index in [2.05, 4.69) is 15.1 Å². The van der Waals surface area contributed by atoms with Gasteiger partial charge in [-0.25, -0.2) is 9.97 Å². The molecule has 0 aliphatic heterocycles. The van der Waals surface area contributed by atoms with Crippen molar-refractivity contribution in [3.8, 4) is 0 Å². The lowest BCUT2D eigenvalue weighted by molar-refractivity contribution is 0.543. The quantitative estimate of drug-likeness (QED) is 0.771. The maximum Gasteiger partial charge on any atom is 0.202 e. The highest BCUT2D eigenvalue weighted by atomic mass is 15.3. The van der Waals surface area contributed by atoms with Crippen molar-refractivity contribution in [3.63, 3.8) is 0 Å². The van der Waals surface area contributed by atoms with Crippen molar-refractivity contribution in [1.29, 1.82) is 0 Å². The van der Waals surface area contributed by atoms with Gasteiger partial charge >= 0.3 is 0 Å². The molecule has 2 N–H and O–H groups in total. The Morgan fingerprint density at radius 2 is 2.00 bits per heavy atom. The molecule has 0 amide bonds. The number of nitrogen functional groups attached to an aromatic ring is 1. The summed E-state index contributed by atoms with van der Waals surface area (Å²) in [5.74, 6) is 0.497. The van der Waals surface area contributed by atoms with Crippen molar-refractivity contribution in [1.82, 2.24) is 24.3 Å². The molecule has 0 aromatic carbocycles. The van der Waals surface area contributed by atoms with Crippen molar-refractivity contribution in [3.05, 3.63) is 35.8 Å². The second-order valence-corrected chi connectivity index (χ2v) is 4.76. The molecule has 0 bridgehead atoms. The Morgan fingerprint density at radius 1 is 1.16 bits per heavy atom. The third-order valence-corrected chi connectivity index (χ3v) is 3.07. The minimum absolute atomic E-state index is 0.497. The van der Waals surface area contributed by atoms with Gasteiger partial charge in [-0.2, -0.15) is 5.10 Å². The van der Waals surface area contributed by atoms with Gasteiger partial charge in [-0.05, 0) is 31.0 Å². The zero-order valence-electron chi connectivity index (χ0n) is 11.0. The fourth-order valence-corrected chi connectivity index (χ4v) is 2.14. The molecule has 3 aromatic heterocycles. The van der Waals surface area contributed by atoms with Crippen LogP contribution in [0.3, 0.4) is 0 Å². The van der Waals surface area contributed by atoms with Crippen molar-refractivity contribution in [2.75, 3.05) is 5.73 Å². The second-order valence-electron chi connectivity index (χ2n) is 4.76. The summed E-state index contributed by atoms with van der Waals surface area (Å²) in [7, 11) is 0. The van der Waals surface area contributed by atoms with E-state index < -0.39 is 0 Å². The number of imidazole rings is 1. The van der Waals surface area contributed by atoms with Crippen molar-refractivity contribution in [2.24, 2.45) is 0 Å². The molecule has 3 aromatic rings. The molecule has 3 heterocycles. The van der Waals surface area contributed by atoms with Gasteiger partial charge in [0.2, 0.25) is 5.95 Å². The van der Waals surface area contributed by atoms with Gasteiger partial charge < -0.3 is 5.73 Å². The molecule has 3 rings (SSSR count). The van der Waals surface area contributed by atoms with Crippen LogP contribution in [0, 0.1) is 13.8 Å². The van der Waals surface area contributed by atoms with E-state index in [4.69, 9.17) is 5.73 Å². The van der Waals surface area contributed by atoms with Gasteiger partial charge in [0.05, 0.1) is 12.7 Å². The second kappa shape index (κ2) is 4.38. The number of nitrogens with two attached hydrogens (primary N) is 1. The monoisotopic (exact) mass is 256 g/mol. The smallest absolute Gasteiger partial charge is 0.202 e. The predicted molar refractivity (Wildman–Crippen MR) is 73.6 cm³/mol. The van der Waals surface area contributed by atoms with E-state index in [-0.39, 0.29) is 0 Å². The van der Waals surface area contributed by atoms with Crippen LogP contribution in [0.2, 0.25) is 0 Å². The number of nitrogens with zero attached hydrogens (tertiary/aromatic N) is 5. The lowest BCUT2D eigenvalue weighted by Crippen LogP contribution is -2.10. The lowest BCUT2D eigenvalue weighted by atomic mass is 10.3. The highest BCUT2D eigenvalue weighted by molar-refractivity contribution is 5.74. The number of aromatic nitrogens is 5. The van der Waals surface area contributed by atoms with Crippen LogP contribution in [0.1, 0.15) is 11.1 Å².